The van der Waals surface area contributed by atoms with Crippen molar-refractivity contribution < 1.29 is 28.8 Å². The van der Waals surface area contributed by atoms with Gasteiger partial charge < -0.3 is 21.3 Å². The summed E-state index contributed by atoms with van der Waals surface area (Å²) in [4.78, 5) is 76.9. The van der Waals surface area contributed by atoms with Crippen molar-refractivity contribution in [3.8, 4) is 0 Å². The van der Waals surface area contributed by atoms with Crippen LogP contribution in [-0.2, 0) is 19.2 Å². The molecule has 60 heavy (non-hydrogen) atoms. The van der Waals surface area contributed by atoms with E-state index in [1.54, 1.807) is 12.1 Å². The minimum Gasteiger partial charge on any atom is -0.324 e. The topological polar surface area (TPSA) is 200 Å². The highest BCUT2D eigenvalue weighted by atomic mass is 35.5. The van der Waals surface area contributed by atoms with Crippen LogP contribution in [0.1, 0.15) is 34.6 Å². The molecule has 2 atom stereocenters. The third-order valence-electron chi connectivity index (χ3n) is 8.01. The summed E-state index contributed by atoms with van der Waals surface area (Å²) in [5, 5.41) is 27.5. The fourth-order valence-electron chi connectivity index (χ4n) is 4.99. The molecular weight excluding hydrogens is 901 g/mol. The molecule has 306 valence electrons. The van der Waals surface area contributed by atoms with Crippen LogP contribution in [0.2, 0.25) is 30.1 Å². The van der Waals surface area contributed by atoms with Gasteiger partial charge in [-0.05, 0) is 111 Å². The first kappa shape index (κ1) is 45.3. The number of amides is 4. The number of anilines is 4. The van der Waals surface area contributed by atoms with Gasteiger partial charge in [0.1, 0.15) is 0 Å². The van der Waals surface area contributed by atoms with Crippen molar-refractivity contribution in [2.75, 3.05) is 21.3 Å². The van der Waals surface area contributed by atoms with Gasteiger partial charge in [-0.1, -0.05) is 69.6 Å². The van der Waals surface area contributed by atoms with Gasteiger partial charge in [0, 0.05) is 22.7 Å². The normalized spacial score (nSPS) is 12.1. The lowest BCUT2D eigenvalue weighted by atomic mass is 10.1. The number of rotatable bonds is 14. The number of ketones is 2. The highest BCUT2D eigenvalue weighted by Crippen LogP contribution is 2.30. The van der Waals surface area contributed by atoms with E-state index in [0.29, 0.717) is 21.4 Å². The predicted octanol–water partition coefficient (Wildman–Crippen LogP) is 11.5. The molecule has 4 N–H and O–H groups in total. The van der Waals surface area contributed by atoms with Crippen LogP contribution in [-0.4, -0.2) is 47.3 Å². The SMILES string of the molecule is CC(=O)C(N=Nc1ccc(Cl)c(C(=O)Nc2ccc(Cl)c(Cl)c2)c1)C(=O)Nc1ccc(NC(=O)C(N=Nc2ccc(Cl)c(C(=O)Nc3ccc(Cl)c(Cl)c3)c2)C(C)=O)cc1. The van der Waals surface area contributed by atoms with Gasteiger partial charge in [-0.2, -0.15) is 20.5 Å². The third-order valence-corrected chi connectivity index (χ3v) is 10.1. The van der Waals surface area contributed by atoms with Crippen LogP contribution >= 0.6 is 69.6 Å². The molecule has 0 spiro atoms. The van der Waals surface area contributed by atoms with Crippen molar-refractivity contribution in [3.05, 3.63) is 138 Å². The number of halogens is 6. The third kappa shape index (κ3) is 12.2. The summed E-state index contributed by atoms with van der Waals surface area (Å²) in [5.74, 6) is -4.06. The molecule has 0 radical (unpaired) electrons. The molecule has 0 aromatic heterocycles. The first-order chi connectivity index (χ1) is 28.5. The summed E-state index contributed by atoms with van der Waals surface area (Å²) in [7, 11) is 0. The minimum absolute atomic E-state index is 0.0345. The smallest absolute Gasteiger partial charge is 0.258 e. The van der Waals surface area contributed by atoms with Crippen molar-refractivity contribution in [2.24, 2.45) is 20.5 Å². The number of benzene rings is 5. The maximum Gasteiger partial charge on any atom is 0.258 e. The van der Waals surface area contributed by atoms with Gasteiger partial charge >= 0.3 is 0 Å². The number of carbonyl (C=O) groups excluding carboxylic acids is 6. The number of hydrogen-bond donors (Lipinski definition) is 4. The van der Waals surface area contributed by atoms with Crippen LogP contribution in [0.4, 0.5) is 34.1 Å². The molecule has 0 saturated carbocycles. The van der Waals surface area contributed by atoms with E-state index < -0.39 is 47.3 Å². The lowest BCUT2D eigenvalue weighted by Crippen LogP contribution is -2.32. The van der Waals surface area contributed by atoms with Gasteiger partial charge in [-0.25, -0.2) is 0 Å². The molecule has 5 aromatic carbocycles. The number of azo groups is 2. The maximum absolute atomic E-state index is 13.1. The van der Waals surface area contributed by atoms with E-state index in [9.17, 15) is 28.8 Å². The molecule has 0 bridgehead atoms. The molecule has 0 aliphatic carbocycles. The Morgan fingerprint density at radius 1 is 0.417 bits per heavy atom. The van der Waals surface area contributed by atoms with Crippen LogP contribution in [0.5, 0.6) is 0 Å². The second-order valence-electron chi connectivity index (χ2n) is 12.5. The van der Waals surface area contributed by atoms with Crippen molar-refractivity contribution in [1.29, 1.82) is 0 Å². The molecule has 0 aliphatic heterocycles. The van der Waals surface area contributed by atoms with Crippen LogP contribution in [0, 0.1) is 0 Å². The average molecular weight is 929 g/mol. The molecule has 20 heteroatoms. The molecular formula is C40H28Cl6N8O6. The van der Waals surface area contributed by atoms with Gasteiger partial charge in [0.15, 0.2) is 11.6 Å². The van der Waals surface area contributed by atoms with Crippen LogP contribution < -0.4 is 21.3 Å². The van der Waals surface area contributed by atoms with E-state index in [0.717, 1.165) is 13.8 Å². The Hall–Kier alpha value is -5.74. The molecule has 14 nitrogen and oxygen atoms in total. The van der Waals surface area contributed by atoms with E-state index in [1.807, 2.05) is 0 Å². The highest BCUT2D eigenvalue weighted by Gasteiger charge is 2.25. The number of hydrogen-bond acceptors (Lipinski definition) is 10. The molecule has 0 heterocycles. The Bertz CT molecular complexity index is 2410. The van der Waals surface area contributed by atoms with Crippen LogP contribution in [0.25, 0.3) is 0 Å². The second-order valence-corrected chi connectivity index (χ2v) is 15.0. The Morgan fingerprint density at radius 3 is 1.08 bits per heavy atom. The molecule has 5 rings (SSSR count). The highest BCUT2D eigenvalue weighted by molar-refractivity contribution is 6.43. The number of nitrogens with zero attached hydrogens (tertiary/aromatic N) is 4. The standard InChI is InChI=1S/C40H28Cl6N8O6/c1-19(55)35(53-51-25-9-11-29(41)27(15-25)37(57)49-23-7-13-31(43)33(45)17-23)39(59)47-21-3-5-22(6-4-21)48-40(60)36(20(2)56)54-52-26-10-12-30(42)28(16-26)38(58)50-24-8-14-32(44)34(46)18-24/h3-18,35-36H,1-2H3,(H,47,59)(H,48,60)(H,49,57)(H,50,58). The van der Waals surface area contributed by atoms with Gasteiger partial charge in [0.05, 0.1) is 52.6 Å². The molecule has 4 amide bonds. The van der Waals surface area contributed by atoms with Gasteiger partial charge in [-0.15, -0.1) is 0 Å². The molecule has 0 saturated heterocycles. The fourth-order valence-corrected chi connectivity index (χ4v) is 5.99. The van der Waals surface area contributed by atoms with E-state index in [-0.39, 0.29) is 54.0 Å². The number of nitrogens with one attached hydrogen (secondary N) is 4. The number of Topliss-reactive ketones (excluding diaryl/α,β-unsaturated/α-hetero) is 2. The molecule has 2 unspecified atom stereocenters. The summed E-state index contributed by atoms with van der Waals surface area (Å²) in [6.45, 7) is 2.32. The largest absolute Gasteiger partial charge is 0.324 e. The Balaban J connectivity index is 1.20. The zero-order chi connectivity index (χ0) is 43.7. The molecule has 0 fully saturated rings. The van der Waals surface area contributed by atoms with Crippen molar-refractivity contribution >= 4 is 139 Å². The minimum atomic E-state index is -1.57. The summed E-state index contributed by atoms with van der Waals surface area (Å²) in [6, 6.07) is 20.0. The fraction of sp³-hybridized carbons (Fsp3) is 0.100. The van der Waals surface area contributed by atoms with Gasteiger partial charge in [0.25, 0.3) is 23.6 Å². The van der Waals surface area contributed by atoms with Gasteiger partial charge in [0.2, 0.25) is 12.1 Å². The molecule has 0 aliphatic rings. The van der Waals surface area contributed by atoms with E-state index in [2.05, 4.69) is 41.7 Å². The van der Waals surface area contributed by atoms with Crippen LogP contribution in [0.3, 0.4) is 0 Å². The zero-order valence-corrected chi connectivity index (χ0v) is 35.4. The Labute approximate surface area is 371 Å². The Morgan fingerprint density at radius 2 is 0.750 bits per heavy atom. The van der Waals surface area contributed by atoms with Crippen molar-refractivity contribution in [3.63, 3.8) is 0 Å². The quantitative estimate of drug-likeness (QED) is 0.0630. The summed E-state index contributed by atoms with van der Waals surface area (Å²) >= 11 is 36.5. The maximum atomic E-state index is 13.1. The van der Waals surface area contributed by atoms with E-state index in [4.69, 9.17) is 69.6 Å². The molecule has 5 aromatic rings. The van der Waals surface area contributed by atoms with Gasteiger partial charge in [-0.3, -0.25) is 28.8 Å². The monoisotopic (exact) mass is 926 g/mol. The first-order valence-electron chi connectivity index (χ1n) is 17.2. The first-order valence-corrected chi connectivity index (χ1v) is 19.4. The van der Waals surface area contributed by atoms with E-state index >= 15 is 0 Å². The van der Waals surface area contributed by atoms with Crippen LogP contribution in [0.15, 0.2) is 118 Å². The lowest BCUT2D eigenvalue weighted by molar-refractivity contribution is -0.127. The van der Waals surface area contributed by atoms with Crippen molar-refractivity contribution in [2.45, 2.75) is 25.9 Å². The lowest BCUT2D eigenvalue weighted by Gasteiger charge is -2.12. The number of carbonyl (C=O) groups is 6. The van der Waals surface area contributed by atoms with E-state index in [1.165, 1.54) is 84.9 Å². The summed E-state index contributed by atoms with van der Waals surface area (Å²) in [6.07, 6.45) is 0. The second kappa shape index (κ2) is 20.5. The average Bonchev–Trinajstić information content (AvgIpc) is 3.19. The summed E-state index contributed by atoms with van der Waals surface area (Å²) < 4.78 is 0. The Kier molecular flexibility index (Phi) is 15.5. The van der Waals surface area contributed by atoms with Crippen molar-refractivity contribution in [1.82, 2.24) is 0 Å². The summed E-state index contributed by atoms with van der Waals surface area (Å²) in [5.41, 5.74) is 1.51. The predicted molar refractivity (Wildman–Crippen MR) is 233 cm³/mol. The zero-order valence-electron chi connectivity index (χ0n) is 30.9.